The van der Waals surface area contributed by atoms with Crippen molar-refractivity contribution in [2.24, 2.45) is 11.3 Å². The molecule has 1 aliphatic carbocycles. The van der Waals surface area contributed by atoms with Crippen molar-refractivity contribution in [3.8, 4) is 0 Å². The van der Waals surface area contributed by atoms with Crippen molar-refractivity contribution in [1.29, 1.82) is 0 Å². The van der Waals surface area contributed by atoms with Crippen LogP contribution in [-0.4, -0.2) is 71.1 Å². The third-order valence-corrected chi connectivity index (χ3v) is 6.46. The molecular formula is C20H30N4O3. The molecule has 1 aromatic heterocycles. The zero-order valence-corrected chi connectivity index (χ0v) is 16.6. The first-order valence-corrected chi connectivity index (χ1v) is 10.1. The molecule has 2 aliphatic heterocycles. The molecule has 148 valence electrons. The first-order valence-electron chi connectivity index (χ1n) is 10.1. The van der Waals surface area contributed by atoms with Crippen LogP contribution in [0.15, 0.2) is 12.5 Å². The van der Waals surface area contributed by atoms with Gasteiger partial charge in [-0.2, -0.15) is 0 Å². The number of ether oxygens (including phenoxy) is 1. The van der Waals surface area contributed by atoms with E-state index in [4.69, 9.17) is 4.74 Å². The minimum Gasteiger partial charge on any atom is -0.383 e. The maximum atomic E-state index is 13.4. The Morgan fingerprint density at radius 1 is 1.41 bits per heavy atom. The number of rotatable bonds is 6. The van der Waals surface area contributed by atoms with Crippen LogP contribution in [0, 0.1) is 11.3 Å². The largest absolute Gasteiger partial charge is 0.383 e. The number of amides is 2. The molecule has 1 spiro atoms. The van der Waals surface area contributed by atoms with Crippen molar-refractivity contribution in [3.63, 3.8) is 0 Å². The van der Waals surface area contributed by atoms with Gasteiger partial charge in [0.2, 0.25) is 11.8 Å². The fourth-order valence-corrected chi connectivity index (χ4v) is 4.60. The van der Waals surface area contributed by atoms with Crippen molar-refractivity contribution in [2.75, 3.05) is 39.9 Å². The van der Waals surface area contributed by atoms with E-state index in [2.05, 4.69) is 29.6 Å². The zero-order valence-electron chi connectivity index (χ0n) is 16.6. The van der Waals surface area contributed by atoms with Crippen LogP contribution in [0.1, 0.15) is 50.8 Å². The summed E-state index contributed by atoms with van der Waals surface area (Å²) in [6, 6.07) is 0.324. The molecule has 1 saturated carbocycles. The van der Waals surface area contributed by atoms with Crippen LogP contribution >= 0.6 is 0 Å². The summed E-state index contributed by atoms with van der Waals surface area (Å²) < 4.78 is 7.25. The Balaban J connectivity index is 1.63. The van der Waals surface area contributed by atoms with Gasteiger partial charge in [0.15, 0.2) is 0 Å². The van der Waals surface area contributed by atoms with Gasteiger partial charge < -0.3 is 19.1 Å². The number of nitrogens with zero attached hydrogens (tertiary/aromatic N) is 4. The van der Waals surface area contributed by atoms with Gasteiger partial charge in [0.25, 0.3) is 0 Å². The van der Waals surface area contributed by atoms with Gasteiger partial charge in [-0.1, -0.05) is 0 Å². The summed E-state index contributed by atoms with van der Waals surface area (Å²) in [5, 5.41) is 0. The lowest BCUT2D eigenvalue weighted by Crippen LogP contribution is -2.41. The molecule has 0 bridgehead atoms. The van der Waals surface area contributed by atoms with Crippen LogP contribution in [0.5, 0.6) is 0 Å². The van der Waals surface area contributed by atoms with E-state index in [-0.39, 0.29) is 23.7 Å². The van der Waals surface area contributed by atoms with Gasteiger partial charge >= 0.3 is 0 Å². The summed E-state index contributed by atoms with van der Waals surface area (Å²) in [4.78, 5) is 34.7. The summed E-state index contributed by atoms with van der Waals surface area (Å²) in [5.74, 6) is 0.536. The summed E-state index contributed by atoms with van der Waals surface area (Å²) in [5.41, 5.74) is 0.408. The zero-order chi connectivity index (χ0) is 19.2. The van der Waals surface area contributed by atoms with Gasteiger partial charge in [-0.05, 0) is 33.1 Å². The molecule has 0 unspecified atom stereocenters. The van der Waals surface area contributed by atoms with Crippen molar-refractivity contribution >= 4 is 11.8 Å². The van der Waals surface area contributed by atoms with Crippen molar-refractivity contribution in [3.05, 3.63) is 18.2 Å². The van der Waals surface area contributed by atoms with Gasteiger partial charge in [-0.3, -0.25) is 9.59 Å². The number of imidazole rings is 1. The smallest absolute Gasteiger partial charge is 0.231 e. The monoisotopic (exact) mass is 374 g/mol. The second-order valence-corrected chi connectivity index (χ2v) is 8.58. The van der Waals surface area contributed by atoms with Gasteiger partial charge in [-0.25, -0.2) is 4.98 Å². The highest BCUT2D eigenvalue weighted by atomic mass is 16.5. The Hall–Kier alpha value is -1.89. The normalized spacial score (nSPS) is 28.1. The van der Waals surface area contributed by atoms with E-state index >= 15 is 0 Å². The SMILES string of the molecule is COCCN1CC[C@@]2(CN(C(=O)C3CC3)C[C@@H]2c2cn(C(C)C)cn2)C1=O. The number of hydrogen-bond acceptors (Lipinski definition) is 4. The van der Waals surface area contributed by atoms with Crippen LogP contribution in [0.25, 0.3) is 0 Å². The quantitative estimate of drug-likeness (QED) is 0.760. The van der Waals surface area contributed by atoms with Crippen molar-refractivity contribution in [1.82, 2.24) is 19.4 Å². The third kappa shape index (κ3) is 3.16. The number of methoxy groups -OCH3 is 1. The maximum absolute atomic E-state index is 13.4. The standard InChI is InChI=1S/C20H30N4O3/c1-14(2)24-11-17(21-13-24)16-10-23(18(25)15-4-5-15)12-20(16)6-7-22(19(20)26)8-9-27-3/h11,13-16H,4-10,12H2,1-3H3/t16-,20+/m1/s1. The molecule has 2 saturated heterocycles. The number of likely N-dealkylation sites (tertiary alicyclic amines) is 2. The fraction of sp³-hybridized carbons (Fsp3) is 0.750. The lowest BCUT2D eigenvalue weighted by atomic mass is 9.75. The molecular weight excluding hydrogens is 344 g/mol. The number of carbonyl (C=O) groups excluding carboxylic acids is 2. The highest BCUT2D eigenvalue weighted by molar-refractivity contribution is 5.89. The molecule has 0 radical (unpaired) electrons. The summed E-state index contributed by atoms with van der Waals surface area (Å²) in [7, 11) is 1.66. The van der Waals surface area contributed by atoms with Gasteiger partial charge in [0.05, 0.1) is 24.0 Å². The molecule has 4 rings (SSSR count). The van der Waals surface area contributed by atoms with Crippen molar-refractivity contribution in [2.45, 2.75) is 45.1 Å². The molecule has 2 atom stereocenters. The summed E-state index contributed by atoms with van der Waals surface area (Å²) >= 11 is 0. The van der Waals surface area contributed by atoms with Crippen LogP contribution in [0.3, 0.4) is 0 Å². The Morgan fingerprint density at radius 2 is 2.19 bits per heavy atom. The molecule has 0 N–H and O–H groups in total. The molecule has 3 fully saturated rings. The minimum absolute atomic E-state index is 0.0276. The number of aromatic nitrogens is 2. The van der Waals surface area contributed by atoms with E-state index in [0.29, 0.717) is 32.3 Å². The van der Waals surface area contributed by atoms with Gasteiger partial charge in [0, 0.05) is 57.4 Å². The lowest BCUT2D eigenvalue weighted by Gasteiger charge is -2.27. The first kappa shape index (κ1) is 18.5. The molecule has 3 aliphatic rings. The van der Waals surface area contributed by atoms with E-state index in [0.717, 1.165) is 31.5 Å². The Bertz CT molecular complexity index is 727. The van der Waals surface area contributed by atoms with Crippen molar-refractivity contribution < 1.29 is 14.3 Å². The molecule has 1 aromatic rings. The summed E-state index contributed by atoms with van der Waals surface area (Å²) in [6.07, 6.45) is 6.67. The second-order valence-electron chi connectivity index (χ2n) is 8.58. The summed E-state index contributed by atoms with van der Waals surface area (Å²) in [6.45, 7) is 7.26. The Morgan fingerprint density at radius 3 is 2.81 bits per heavy atom. The molecule has 0 aromatic carbocycles. The van der Waals surface area contributed by atoms with Crippen LogP contribution in [-0.2, 0) is 14.3 Å². The second kappa shape index (κ2) is 6.93. The molecule has 7 nitrogen and oxygen atoms in total. The third-order valence-electron chi connectivity index (χ3n) is 6.46. The molecule has 7 heteroatoms. The average molecular weight is 374 g/mol. The van der Waals surface area contributed by atoms with Gasteiger partial charge in [0.1, 0.15) is 0 Å². The van der Waals surface area contributed by atoms with Crippen LogP contribution < -0.4 is 0 Å². The van der Waals surface area contributed by atoms with E-state index < -0.39 is 5.41 Å². The van der Waals surface area contributed by atoms with Gasteiger partial charge in [-0.15, -0.1) is 0 Å². The topological polar surface area (TPSA) is 67.7 Å². The molecule has 27 heavy (non-hydrogen) atoms. The van der Waals surface area contributed by atoms with Crippen LogP contribution in [0.2, 0.25) is 0 Å². The highest BCUT2D eigenvalue weighted by Gasteiger charge is 2.59. The Kier molecular flexibility index (Phi) is 4.74. The predicted octanol–water partition coefficient (Wildman–Crippen LogP) is 1.66. The maximum Gasteiger partial charge on any atom is 0.231 e. The van der Waals surface area contributed by atoms with Crippen LogP contribution in [0.4, 0.5) is 0 Å². The lowest BCUT2D eigenvalue weighted by molar-refractivity contribution is -0.137. The minimum atomic E-state index is -0.533. The fourth-order valence-electron chi connectivity index (χ4n) is 4.60. The van der Waals surface area contributed by atoms with E-state index in [1.54, 1.807) is 7.11 Å². The van der Waals surface area contributed by atoms with E-state index in [9.17, 15) is 9.59 Å². The first-order chi connectivity index (χ1) is 13.0. The number of carbonyl (C=O) groups is 2. The van der Waals surface area contributed by atoms with E-state index in [1.165, 1.54) is 0 Å². The highest BCUT2D eigenvalue weighted by Crippen LogP contribution is 2.50. The molecule has 3 heterocycles. The van der Waals surface area contributed by atoms with E-state index in [1.807, 2.05) is 16.1 Å². The molecule has 2 amide bonds. The number of hydrogen-bond donors (Lipinski definition) is 0. The average Bonchev–Trinajstić information content (AvgIpc) is 3.13. The predicted molar refractivity (Wildman–Crippen MR) is 100 cm³/mol. The Labute approximate surface area is 160 Å².